The molecule has 0 spiro atoms. The molecule has 2 saturated heterocycles. The molecule has 0 aromatic heterocycles. The van der Waals surface area contributed by atoms with Crippen molar-refractivity contribution in [3.8, 4) is 0 Å². The molecule has 0 bridgehead atoms. The van der Waals surface area contributed by atoms with Gasteiger partial charge in [0.25, 0.3) is 0 Å². The Morgan fingerprint density at radius 1 is 1.06 bits per heavy atom. The molecule has 2 aliphatic heterocycles. The highest BCUT2D eigenvalue weighted by Gasteiger charge is 2.77. The molecule has 6 nitrogen and oxygen atoms in total. The first kappa shape index (κ1) is 26.7. The summed E-state index contributed by atoms with van der Waals surface area (Å²) in [4.78, 5) is 21.9. The molecule has 2 unspecified atom stereocenters. The molecule has 0 aromatic rings. The Hall–Kier alpha value is -0.890. The van der Waals surface area contributed by atoms with Crippen LogP contribution in [0.3, 0.4) is 0 Å². The van der Waals surface area contributed by atoms with Crippen LogP contribution in [0.5, 0.6) is 0 Å². The Bertz CT molecular complexity index is 969. The number of hydrogen-bond donors (Lipinski definition) is 1. The number of ketones is 1. The molecule has 6 rings (SSSR count). The number of esters is 1. The lowest BCUT2D eigenvalue weighted by Crippen LogP contribution is -2.66. The molecular formula is C29H44O6S. The second-order valence-corrected chi connectivity index (χ2v) is 14.2. The van der Waals surface area contributed by atoms with Crippen molar-refractivity contribution < 1.29 is 28.9 Å². The minimum atomic E-state index is -0.584. The van der Waals surface area contributed by atoms with E-state index in [-0.39, 0.29) is 34.1 Å². The zero-order valence-corrected chi connectivity index (χ0v) is 23.8. The van der Waals surface area contributed by atoms with Crippen LogP contribution < -0.4 is 0 Å². The van der Waals surface area contributed by atoms with Crippen LogP contribution in [0.4, 0.5) is 0 Å². The van der Waals surface area contributed by atoms with Crippen molar-refractivity contribution in [1.82, 2.24) is 0 Å². The van der Waals surface area contributed by atoms with Gasteiger partial charge in [-0.25, -0.2) is 0 Å². The summed E-state index contributed by atoms with van der Waals surface area (Å²) in [5.41, 5.74) is 0.779. The molecule has 2 heterocycles. The number of hydrogen-bond acceptors (Lipinski definition) is 7. The maximum absolute atomic E-state index is 12.3. The van der Waals surface area contributed by atoms with Gasteiger partial charge in [0, 0.05) is 23.7 Å². The Kier molecular flexibility index (Phi) is 6.35. The fourth-order valence-electron chi connectivity index (χ4n) is 9.26. The molecule has 6 aliphatic rings. The first-order valence-electron chi connectivity index (χ1n) is 13.8. The number of rotatable bonds is 1. The average molecular weight is 521 g/mol. The van der Waals surface area contributed by atoms with Crippen LogP contribution in [0.25, 0.3) is 0 Å². The largest absolute Gasteiger partial charge is 0.466 e. The lowest BCUT2D eigenvalue weighted by molar-refractivity contribution is -0.233. The van der Waals surface area contributed by atoms with Gasteiger partial charge in [-0.05, 0) is 81.5 Å². The van der Waals surface area contributed by atoms with Crippen molar-refractivity contribution in [2.75, 3.05) is 12.9 Å². The highest BCUT2D eigenvalue weighted by Crippen LogP contribution is 2.76. The second-order valence-electron chi connectivity index (χ2n) is 13.2. The third-order valence-corrected chi connectivity index (χ3v) is 12.6. The maximum atomic E-state index is 12.3. The van der Waals surface area contributed by atoms with Crippen molar-refractivity contribution in [2.24, 2.45) is 34.0 Å². The van der Waals surface area contributed by atoms with Crippen LogP contribution in [-0.2, 0) is 23.8 Å². The van der Waals surface area contributed by atoms with E-state index in [1.165, 1.54) is 5.57 Å². The Balaban J connectivity index is 0.000000391. The van der Waals surface area contributed by atoms with Crippen molar-refractivity contribution in [2.45, 2.75) is 109 Å². The van der Waals surface area contributed by atoms with Gasteiger partial charge in [-0.15, -0.1) is 11.8 Å². The number of allylic oxidation sites excluding steroid dienone is 1. The molecule has 36 heavy (non-hydrogen) atoms. The summed E-state index contributed by atoms with van der Waals surface area (Å²) in [7, 11) is 0. The van der Waals surface area contributed by atoms with E-state index >= 15 is 0 Å². The number of carbonyl (C=O) groups excluding carboxylic acids is 2. The van der Waals surface area contributed by atoms with Gasteiger partial charge in [-0.3, -0.25) is 9.59 Å². The van der Waals surface area contributed by atoms with Gasteiger partial charge in [0.05, 0.1) is 12.7 Å². The summed E-state index contributed by atoms with van der Waals surface area (Å²) >= 11 is 1.79. The van der Waals surface area contributed by atoms with Gasteiger partial charge in [0.15, 0.2) is 11.6 Å². The topological polar surface area (TPSA) is 82.1 Å². The Labute approximate surface area is 220 Å². The number of fused-ring (bicyclic) bond motifs is 7. The van der Waals surface area contributed by atoms with Gasteiger partial charge in [0.2, 0.25) is 0 Å². The summed E-state index contributed by atoms with van der Waals surface area (Å²) in [6.07, 6.45) is 9.45. The van der Waals surface area contributed by atoms with E-state index in [4.69, 9.17) is 9.47 Å². The van der Waals surface area contributed by atoms with Gasteiger partial charge >= 0.3 is 5.97 Å². The van der Waals surface area contributed by atoms with Gasteiger partial charge in [0.1, 0.15) is 11.0 Å². The summed E-state index contributed by atoms with van der Waals surface area (Å²) < 4.78 is 17.7. The van der Waals surface area contributed by atoms with Crippen LogP contribution in [-0.4, -0.2) is 52.6 Å². The van der Waals surface area contributed by atoms with Crippen LogP contribution in [0.15, 0.2) is 11.6 Å². The molecule has 9 atom stereocenters. The number of ether oxygens (including phenoxy) is 3. The zero-order valence-electron chi connectivity index (χ0n) is 23.0. The number of carbonyl (C=O) groups is 2. The lowest BCUT2D eigenvalue weighted by Gasteiger charge is -2.67. The van der Waals surface area contributed by atoms with E-state index in [2.05, 4.69) is 38.7 Å². The fourth-order valence-corrected chi connectivity index (χ4v) is 10.6. The summed E-state index contributed by atoms with van der Waals surface area (Å²) in [6, 6.07) is 0. The lowest BCUT2D eigenvalue weighted by atomic mass is 9.38. The highest BCUT2D eigenvalue weighted by atomic mass is 32.2. The number of aliphatic hydroxyl groups excluding tert-OH is 1. The monoisotopic (exact) mass is 520 g/mol. The highest BCUT2D eigenvalue weighted by molar-refractivity contribution is 7.99. The van der Waals surface area contributed by atoms with E-state index in [0.29, 0.717) is 37.2 Å². The van der Waals surface area contributed by atoms with Crippen molar-refractivity contribution in [1.29, 1.82) is 0 Å². The third kappa shape index (κ3) is 3.48. The van der Waals surface area contributed by atoms with Crippen LogP contribution in [0, 0.1) is 34.0 Å². The van der Waals surface area contributed by atoms with Crippen molar-refractivity contribution >= 4 is 23.5 Å². The minimum absolute atomic E-state index is 0.0463. The van der Waals surface area contributed by atoms with Gasteiger partial charge in [-0.2, -0.15) is 0 Å². The summed E-state index contributed by atoms with van der Waals surface area (Å²) in [5, 5.41) is 11.9. The average Bonchev–Trinajstić information content (AvgIpc) is 3.44. The first-order valence-corrected chi connectivity index (χ1v) is 15.0. The number of cyclic esters (lactones) is 1. The number of thioether (sulfide) groups is 1. The smallest absolute Gasteiger partial charge is 0.305 e. The first-order chi connectivity index (χ1) is 16.7. The molecule has 7 heteroatoms. The standard InChI is InChI=1S/C25H38O4S.C4H6O2/c1-14-10-18-17-12-20-25(30-7,29-21(2,3)28-20)23(17,5)13-19(27)24(18,6)22(4)9-8-15(26)11-16(14)22;5-4-2-1-3-6-4/h11,14,17-20,27H,8-10,12-13H2,1-7H3;1-3H2/t14-,17?,18?,19-,20+,22-,23-,24+,25-;/m0./s1. The minimum Gasteiger partial charge on any atom is -0.466 e. The van der Waals surface area contributed by atoms with E-state index in [1.807, 2.05) is 19.9 Å². The second kappa shape index (κ2) is 8.56. The molecule has 0 aromatic carbocycles. The van der Waals surface area contributed by atoms with Crippen LogP contribution >= 0.6 is 11.8 Å². The van der Waals surface area contributed by atoms with Gasteiger partial charge in [-0.1, -0.05) is 33.3 Å². The van der Waals surface area contributed by atoms with Crippen LogP contribution in [0.1, 0.15) is 86.5 Å². The molecule has 1 N–H and O–H groups in total. The third-order valence-electron chi connectivity index (χ3n) is 11.1. The van der Waals surface area contributed by atoms with E-state index in [9.17, 15) is 14.7 Å². The number of aliphatic hydroxyl groups is 1. The Morgan fingerprint density at radius 3 is 2.36 bits per heavy atom. The molecule has 0 amide bonds. The van der Waals surface area contributed by atoms with E-state index in [1.54, 1.807) is 11.8 Å². The maximum Gasteiger partial charge on any atom is 0.305 e. The molecule has 3 saturated carbocycles. The SMILES string of the molecule is CS[C@@]12OC(C)(C)O[C@@H]1CC1C3C[C@H](C)C4=CC(=O)CC[C@]4(C)[C@@]3(C)[C@@H](O)C[C@@]12C.O=C1CCCO1. The predicted octanol–water partition coefficient (Wildman–Crippen LogP) is 5.27. The molecule has 0 radical (unpaired) electrons. The summed E-state index contributed by atoms with van der Waals surface area (Å²) in [6.45, 7) is 14.0. The van der Waals surface area contributed by atoms with E-state index in [0.717, 1.165) is 32.1 Å². The summed E-state index contributed by atoms with van der Waals surface area (Å²) in [5.74, 6) is 0.830. The molecule has 202 valence electrons. The Morgan fingerprint density at radius 2 is 1.78 bits per heavy atom. The van der Waals surface area contributed by atoms with Crippen molar-refractivity contribution in [3.63, 3.8) is 0 Å². The van der Waals surface area contributed by atoms with Crippen LogP contribution in [0.2, 0.25) is 0 Å². The molecule has 4 aliphatic carbocycles. The zero-order chi connectivity index (χ0) is 26.3. The quantitative estimate of drug-likeness (QED) is 0.472. The fraction of sp³-hybridized carbons (Fsp3) is 0.862. The molecular weight excluding hydrogens is 476 g/mol. The molecule has 5 fully saturated rings. The normalized spacial score (nSPS) is 50.7. The van der Waals surface area contributed by atoms with Gasteiger partial charge < -0.3 is 19.3 Å². The van der Waals surface area contributed by atoms with Crippen molar-refractivity contribution in [3.05, 3.63) is 11.6 Å². The van der Waals surface area contributed by atoms with E-state index < -0.39 is 16.8 Å². The predicted molar refractivity (Wildman–Crippen MR) is 139 cm³/mol.